The summed E-state index contributed by atoms with van der Waals surface area (Å²) in [6.07, 6.45) is 0. The van der Waals surface area contributed by atoms with E-state index in [9.17, 15) is 21.6 Å². The van der Waals surface area contributed by atoms with E-state index in [1.165, 1.54) is 7.11 Å². The minimum absolute atomic E-state index is 0.155. The minimum atomic E-state index is -4.08. The molecule has 0 saturated heterocycles. The number of ether oxygens (including phenoxy) is 1. The molecule has 0 aromatic heterocycles. The van der Waals surface area contributed by atoms with Crippen molar-refractivity contribution in [2.75, 3.05) is 11.8 Å². The highest BCUT2D eigenvalue weighted by Crippen LogP contribution is 2.23. The van der Waals surface area contributed by atoms with Gasteiger partial charge >= 0.3 is 0 Å². The van der Waals surface area contributed by atoms with Gasteiger partial charge in [-0.1, -0.05) is 0 Å². The normalized spacial score (nSPS) is 11.2. The van der Waals surface area contributed by atoms with Crippen molar-refractivity contribution in [3.63, 3.8) is 0 Å². The molecule has 0 aliphatic heterocycles. The number of hydrogen-bond donors (Lipinski definition) is 1. The molecular formula is C13H10F3NO3S. The Labute approximate surface area is 119 Å². The Kier molecular flexibility index (Phi) is 4.08. The lowest BCUT2D eigenvalue weighted by Crippen LogP contribution is -2.13. The molecule has 0 unspecified atom stereocenters. The van der Waals surface area contributed by atoms with Gasteiger partial charge in [0.05, 0.1) is 17.7 Å². The summed E-state index contributed by atoms with van der Waals surface area (Å²) >= 11 is 0. The summed E-state index contributed by atoms with van der Waals surface area (Å²) < 4.78 is 70.0. The third-order valence-electron chi connectivity index (χ3n) is 2.60. The van der Waals surface area contributed by atoms with Gasteiger partial charge in [0.15, 0.2) is 23.2 Å². The summed E-state index contributed by atoms with van der Waals surface area (Å²) in [4.78, 5) is -0.273. The molecule has 2 rings (SSSR count). The van der Waals surface area contributed by atoms with E-state index in [0.29, 0.717) is 6.07 Å². The molecule has 112 valence electrons. The van der Waals surface area contributed by atoms with Crippen LogP contribution in [0.15, 0.2) is 41.3 Å². The van der Waals surface area contributed by atoms with Gasteiger partial charge < -0.3 is 4.74 Å². The summed E-state index contributed by atoms with van der Waals surface area (Å²) in [5.74, 6) is -3.25. The number of benzene rings is 2. The third-order valence-corrected chi connectivity index (χ3v) is 3.98. The van der Waals surface area contributed by atoms with Crippen LogP contribution in [-0.2, 0) is 10.0 Å². The predicted octanol–water partition coefficient (Wildman–Crippen LogP) is 2.91. The maximum atomic E-state index is 13.3. The average Bonchev–Trinajstić information content (AvgIpc) is 2.43. The summed E-state index contributed by atoms with van der Waals surface area (Å²) in [5, 5.41) is 0. The molecule has 4 nitrogen and oxygen atoms in total. The molecule has 0 radical (unpaired) electrons. The van der Waals surface area contributed by atoms with Crippen LogP contribution in [0.4, 0.5) is 18.9 Å². The van der Waals surface area contributed by atoms with Crippen LogP contribution in [0.5, 0.6) is 5.75 Å². The maximum absolute atomic E-state index is 13.3. The molecule has 21 heavy (non-hydrogen) atoms. The first-order valence-corrected chi connectivity index (χ1v) is 7.13. The van der Waals surface area contributed by atoms with E-state index in [-0.39, 0.29) is 16.3 Å². The Morgan fingerprint density at radius 2 is 1.62 bits per heavy atom. The molecule has 8 heteroatoms. The average molecular weight is 317 g/mol. The second-order valence-electron chi connectivity index (χ2n) is 4.03. The minimum Gasteiger partial charge on any atom is -0.494 e. The molecule has 0 amide bonds. The van der Waals surface area contributed by atoms with Gasteiger partial charge in [-0.2, -0.15) is 0 Å². The summed E-state index contributed by atoms with van der Waals surface area (Å²) in [6, 6.07) is 5.50. The standard InChI is InChI=1S/C13H10F3NO3S/c1-20-13-7-9(3-5-11(13)15)21(18,19)17-8-2-4-10(14)12(16)6-8/h2-7,17H,1H3. The Morgan fingerprint density at radius 1 is 0.952 bits per heavy atom. The van der Waals surface area contributed by atoms with Crippen molar-refractivity contribution in [1.82, 2.24) is 0 Å². The van der Waals surface area contributed by atoms with Crippen molar-refractivity contribution in [2.45, 2.75) is 4.90 Å². The molecule has 0 spiro atoms. The third kappa shape index (κ3) is 3.27. The Hall–Kier alpha value is -2.22. The van der Waals surface area contributed by atoms with Gasteiger partial charge in [0.25, 0.3) is 10.0 Å². The summed E-state index contributed by atoms with van der Waals surface area (Å²) in [6.45, 7) is 0. The number of methoxy groups -OCH3 is 1. The molecule has 0 saturated carbocycles. The van der Waals surface area contributed by atoms with Crippen LogP contribution in [0.1, 0.15) is 0 Å². The fourth-order valence-corrected chi connectivity index (χ4v) is 2.65. The van der Waals surface area contributed by atoms with Crippen molar-refractivity contribution in [3.8, 4) is 5.75 Å². The van der Waals surface area contributed by atoms with Crippen molar-refractivity contribution >= 4 is 15.7 Å². The first kappa shape index (κ1) is 15.2. The summed E-state index contributed by atoms with van der Waals surface area (Å²) in [5.41, 5.74) is -0.155. The van der Waals surface area contributed by atoms with E-state index in [1.807, 2.05) is 0 Å². The van der Waals surface area contributed by atoms with Gasteiger partial charge in [0.1, 0.15) is 0 Å². The van der Waals surface area contributed by atoms with Crippen LogP contribution in [0.25, 0.3) is 0 Å². The Morgan fingerprint density at radius 3 is 2.24 bits per heavy atom. The highest BCUT2D eigenvalue weighted by atomic mass is 32.2. The van der Waals surface area contributed by atoms with Crippen LogP contribution in [0.2, 0.25) is 0 Å². The number of rotatable bonds is 4. The van der Waals surface area contributed by atoms with Gasteiger partial charge in [-0.3, -0.25) is 4.72 Å². The van der Waals surface area contributed by atoms with Crippen molar-refractivity contribution in [3.05, 3.63) is 53.8 Å². The van der Waals surface area contributed by atoms with Gasteiger partial charge in [0.2, 0.25) is 0 Å². The molecule has 2 aromatic rings. The number of sulfonamides is 1. The maximum Gasteiger partial charge on any atom is 0.262 e. The molecular weight excluding hydrogens is 307 g/mol. The highest BCUT2D eigenvalue weighted by Gasteiger charge is 2.17. The number of anilines is 1. The Bertz CT molecular complexity index is 778. The second-order valence-corrected chi connectivity index (χ2v) is 5.71. The molecule has 0 atom stereocenters. The van der Waals surface area contributed by atoms with Gasteiger partial charge in [0, 0.05) is 12.1 Å². The Balaban J connectivity index is 2.35. The second kappa shape index (κ2) is 5.65. The van der Waals surface area contributed by atoms with Crippen LogP contribution >= 0.6 is 0 Å². The van der Waals surface area contributed by atoms with Crippen molar-refractivity contribution in [1.29, 1.82) is 0 Å². The van der Waals surface area contributed by atoms with Gasteiger partial charge in [-0.25, -0.2) is 21.6 Å². The van der Waals surface area contributed by atoms with E-state index in [4.69, 9.17) is 0 Å². The molecule has 0 heterocycles. The van der Waals surface area contributed by atoms with Crippen LogP contribution in [-0.4, -0.2) is 15.5 Å². The lowest BCUT2D eigenvalue weighted by Gasteiger charge is -2.10. The molecule has 0 aliphatic rings. The fraction of sp³-hybridized carbons (Fsp3) is 0.0769. The largest absolute Gasteiger partial charge is 0.494 e. The lowest BCUT2D eigenvalue weighted by molar-refractivity contribution is 0.385. The fourth-order valence-electron chi connectivity index (χ4n) is 1.58. The molecule has 1 N–H and O–H groups in total. The zero-order chi connectivity index (χ0) is 15.6. The van der Waals surface area contributed by atoms with E-state index in [1.54, 1.807) is 0 Å². The monoisotopic (exact) mass is 317 g/mol. The first-order chi connectivity index (χ1) is 9.83. The lowest BCUT2D eigenvalue weighted by atomic mass is 10.3. The van der Waals surface area contributed by atoms with Gasteiger partial charge in [-0.15, -0.1) is 0 Å². The van der Waals surface area contributed by atoms with E-state index >= 15 is 0 Å². The van der Waals surface area contributed by atoms with E-state index < -0.39 is 27.5 Å². The van der Waals surface area contributed by atoms with Crippen LogP contribution < -0.4 is 9.46 Å². The molecule has 0 bridgehead atoms. The topological polar surface area (TPSA) is 55.4 Å². The van der Waals surface area contributed by atoms with Crippen molar-refractivity contribution < 1.29 is 26.3 Å². The van der Waals surface area contributed by atoms with Gasteiger partial charge in [-0.05, 0) is 24.3 Å². The number of nitrogens with one attached hydrogen (secondary N) is 1. The highest BCUT2D eigenvalue weighted by molar-refractivity contribution is 7.92. The number of hydrogen-bond acceptors (Lipinski definition) is 3. The smallest absolute Gasteiger partial charge is 0.262 e. The molecule has 0 fully saturated rings. The number of halogens is 3. The molecule has 0 aliphatic carbocycles. The SMILES string of the molecule is COc1cc(S(=O)(=O)Nc2ccc(F)c(F)c2)ccc1F. The van der Waals surface area contributed by atoms with Crippen LogP contribution in [0, 0.1) is 17.5 Å². The zero-order valence-electron chi connectivity index (χ0n) is 10.7. The zero-order valence-corrected chi connectivity index (χ0v) is 11.5. The van der Waals surface area contributed by atoms with Crippen LogP contribution in [0.3, 0.4) is 0 Å². The predicted molar refractivity (Wildman–Crippen MR) is 70.1 cm³/mol. The summed E-state index contributed by atoms with van der Waals surface area (Å²) in [7, 11) is -2.89. The van der Waals surface area contributed by atoms with E-state index in [2.05, 4.69) is 9.46 Å². The quantitative estimate of drug-likeness (QED) is 0.943. The van der Waals surface area contributed by atoms with E-state index in [0.717, 1.165) is 30.3 Å². The first-order valence-electron chi connectivity index (χ1n) is 5.65. The molecule has 2 aromatic carbocycles. The van der Waals surface area contributed by atoms with Crippen molar-refractivity contribution in [2.24, 2.45) is 0 Å².